The van der Waals surface area contributed by atoms with Gasteiger partial charge in [-0.25, -0.2) is 0 Å². The first-order chi connectivity index (χ1) is 8.20. The number of nitrogens with one attached hydrogen (secondary N) is 1. The number of rotatable bonds is 5. The summed E-state index contributed by atoms with van der Waals surface area (Å²) in [5.41, 5.74) is 1.32. The van der Waals surface area contributed by atoms with Crippen LogP contribution in [0.5, 0.6) is 5.75 Å². The average molecular weight is 254 g/mol. The van der Waals surface area contributed by atoms with Crippen LogP contribution in [0.25, 0.3) is 0 Å². The SMILES string of the molecule is CC(CCl)C(C)NCC1Cc2ccccc2O1. The van der Waals surface area contributed by atoms with Gasteiger partial charge in [-0.05, 0) is 24.5 Å². The van der Waals surface area contributed by atoms with Crippen LogP contribution in [-0.4, -0.2) is 24.6 Å². The summed E-state index contributed by atoms with van der Waals surface area (Å²) in [7, 11) is 0. The van der Waals surface area contributed by atoms with Gasteiger partial charge < -0.3 is 10.1 Å². The molecule has 0 radical (unpaired) electrons. The second-order valence-corrected chi connectivity index (χ2v) is 5.19. The quantitative estimate of drug-likeness (QED) is 0.815. The van der Waals surface area contributed by atoms with Crippen LogP contribution in [0.15, 0.2) is 24.3 Å². The molecule has 1 heterocycles. The Kier molecular flexibility index (Phi) is 4.30. The van der Waals surface area contributed by atoms with E-state index >= 15 is 0 Å². The van der Waals surface area contributed by atoms with Crippen molar-refractivity contribution in [3.8, 4) is 5.75 Å². The van der Waals surface area contributed by atoms with E-state index in [9.17, 15) is 0 Å². The second kappa shape index (κ2) is 5.74. The zero-order valence-corrected chi connectivity index (χ0v) is 11.2. The Morgan fingerprint density at radius 3 is 2.88 bits per heavy atom. The van der Waals surface area contributed by atoms with E-state index in [1.165, 1.54) is 5.56 Å². The molecule has 0 spiro atoms. The van der Waals surface area contributed by atoms with E-state index in [1.807, 2.05) is 12.1 Å². The van der Waals surface area contributed by atoms with Gasteiger partial charge in [0.05, 0.1) is 0 Å². The molecule has 0 aromatic heterocycles. The Morgan fingerprint density at radius 1 is 1.41 bits per heavy atom. The molecule has 3 heteroatoms. The van der Waals surface area contributed by atoms with Crippen LogP contribution in [0.4, 0.5) is 0 Å². The van der Waals surface area contributed by atoms with Gasteiger partial charge in [0, 0.05) is 24.9 Å². The minimum Gasteiger partial charge on any atom is -0.488 e. The van der Waals surface area contributed by atoms with Gasteiger partial charge >= 0.3 is 0 Å². The van der Waals surface area contributed by atoms with Gasteiger partial charge in [0.2, 0.25) is 0 Å². The molecule has 94 valence electrons. The molecule has 3 atom stereocenters. The van der Waals surface area contributed by atoms with E-state index in [2.05, 4.69) is 31.3 Å². The molecule has 2 nitrogen and oxygen atoms in total. The van der Waals surface area contributed by atoms with Crippen LogP contribution in [-0.2, 0) is 6.42 Å². The number of hydrogen-bond acceptors (Lipinski definition) is 2. The van der Waals surface area contributed by atoms with E-state index < -0.39 is 0 Å². The van der Waals surface area contributed by atoms with Crippen molar-refractivity contribution in [2.45, 2.75) is 32.4 Å². The standard InChI is InChI=1S/C14H20ClNO/c1-10(8-15)11(2)16-9-13-7-12-5-3-4-6-14(12)17-13/h3-6,10-11,13,16H,7-9H2,1-2H3. The second-order valence-electron chi connectivity index (χ2n) is 4.88. The zero-order valence-electron chi connectivity index (χ0n) is 10.4. The zero-order chi connectivity index (χ0) is 12.3. The van der Waals surface area contributed by atoms with Crippen LogP contribution in [0.3, 0.4) is 0 Å². The fourth-order valence-electron chi connectivity index (χ4n) is 2.02. The Hall–Kier alpha value is -0.730. The first-order valence-electron chi connectivity index (χ1n) is 6.24. The van der Waals surface area contributed by atoms with E-state index in [0.29, 0.717) is 17.8 Å². The maximum Gasteiger partial charge on any atom is 0.123 e. The number of benzene rings is 1. The first-order valence-corrected chi connectivity index (χ1v) is 6.78. The maximum atomic E-state index is 5.88. The molecule has 3 unspecified atom stereocenters. The third kappa shape index (κ3) is 3.14. The molecular formula is C14H20ClNO. The highest BCUT2D eigenvalue weighted by Crippen LogP contribution is 2.27. The van der Waals surface area contributed by atoms with Crippen LogP contribution in [0, 0.1) is 5.92 Å². The topological polar surface area (TPSA) is 21.3 Å². The number of para-hydroxylation sites is 1. The molecule has 1 N–H and O–H groups in total. The van der Waals surface area contributed by atoms with Gasteiger partial charge in [-0.1, -0.05) is 25.1 Å². The van der Waals surface area contributed by atoms with Crippen LogP contribution in [0.2, 0.25) is 0 Å². The monoisotopic (exact) mass is 253 g/mol. The number of hydrogen-bond donors (Lipinski definition) is 1. The minimum atomic E-state index is 0.261. The molecule has 1 aliphatic heterocycles. The Morgan fingerprint density at radius 2 is 2.18 bits per heavy atom. The highest BCUT2D eigenvalue weighted by Gasteiger charge is 2.23. The predicted molar refractivity (Wildman–Crippen MR) is 71.9 cm³/mol. The Balaban J connectivity index is 1.80. The van der Waals surface area contributed by atoms with Crippen molar-refractivity contribution < 1.29 is 4.74 Å². The summed E-state index contributed by atoms with van der Waals surface area (Å²) in [5.74, 6) is 2.22. The molecule has 0 bridgehead atoms. The molecule has 1 aromatic carbocycles. The molecule has 0 amide bonds. The maximum absolute atomic E-state index is 5.88. The van der Waals surface area contributed by atoms with Crippen molar-refractivity contribution in [2.75, 3.05) is 12.4 Å². The fraction of sp³-hybridized carbons (Fsp3) is 0.571. The summed E-state index contributed by atoms with van der Waals surface area (Å²) in [5, 5.41) is 3.50. The number of alkyl halides is 1. The first kappa shape index (κ1) is 12.7. The molecule has 0 saturated carbocycles. The molecular weight excluding hydrogens is 234 g/mol. The van der Waals surface area contributed by atoms with Gasteiger partial charge in [0.15, 0.2) is 0 Å². The molecule has 17 heavy (non-hydrogen) atoms. The van der Waals surface area contributed by atoms with E-state index in [1.54, 1.807) is 0 Å². The molecule has 1 aromatic rings. The van der Waals surface area contributed by atoms with Crippen molar-refractivity contribution in [1.29, 1.82) is 0 Å². The van der Waals surface area contributed by atoms with E-state index in [-0.39, 0.29) is 6.10 Å². The number of fused-ring (bicyclic) bond motifs is 1. The molecule has 0 fully saturated rings. The minimum absolute atomic E-state index is 0.261. The van der Waals surface area contributed by atoms with Gasteiger partial charge in [-0.15, -0.1) is 11.6 Å². The summed E-state index contributed by atoms with van der Waals surface area (Å²) >= 11 is 5.84. The summed E-state index contributed by atoms with van der Waals surface area (Å²) in [6, 6.07) is 8.70. The van der Waals surface area contributed by atoms with E-state index in [4.69, 9.17) is 16.3 Å². The lowest BCUT2D eigenvalue weighted by Crippen LogP contribution is -2.39. The highest BCUT2D eigenvalue weighted by atomic mass is 35.5. The van der Waals surface area contributed by atoms with Crippen molar-refractivity contribution in [3.63, 3.8) is 0 Å². The normalized spacial score (nSPS) is 21.7. The van der Waals surface area contributed by atoms with Gasteiger partial charge in [-0.3, -0.25) is 0 Å². The Labute approximate surface area is 108 Å². The summed E-state index contributed by atoms with van der Waals surface area (Å²) in [4.78, 5) is 0. The number of halogens is 1. The van der Waals surface area contributed by atoms with Crippen molar-refractivity contribution >= 4 is 11.6 Å². The third-order valence-electron chi connectivity index (χ3n) is 3.48. The lowest BCUT2D eigenvalue weighted by molar-refractivity contribution is 0.217. The summed E-state index contributed by atoms with van der Waals surface area (Å²) in [6.07, 6.45) is 1.27. The summed E-state index contributed by atoms with van der Waals surface area (Å²) in [6.45, 7) is 5.22. The largest absolute Gasteiger partial charge is 0.488 e. The fourth-order valence-corrected chi connectivity index (χ4v) is 2.29. The predicted octanol–water partition coefficient (Wildman–Crippen LogP) is 2.84. The van der Waals surface area contributed by atoms with Gasteiger partial charge in [0.1, 0.15) is 11.9 Å². The third-order valence-corrected chi connectivity index (χ3v) is 3.97. The van der Waals surface area contributed by atoms with Crippen molar-refractivity contribution in [1.82, 2.24) is 5.32 Å². The van der Waals surface area contributed by atoms with Crippen LogP contribution >= 0.6 is 11.6 Å². The van der Waals surface area contributed by atoms with E-state index in [0.717, 1.165) is 18.7 Å². The highest BCUT2D eigenvalue weighted by molar-refractivity contribution is 6.18. The van der Waals surface area contributed by atoms with Crippen molar-refractivity contribution in [3.05, 3.63) is 29.8 Å². The van der Waals surface area contributed by atoms with Crippen LogP contribution in [0.1, 0.15) is 19.4 Å². The van der Waals surface area contributed by atoms with Crippen LogP contribution < -0.4 is 10.1 Å². The average Bonchev–Trinajstić information content (AvgIpc) is 2.77. The Bertz CT molecular complexity index is 344. The van der Waals surface area contributed by atoms with Gasteiger partial charge in [0.25, 0.3) is 0 Å². The number of ether oxygens (including phenoxy) is 1. The molecule has 2 rings (SSSR count). The molecule has 1 aliphatic rings. The van der Waals surface area contributed by atoms with Gasteiger partial charge in [-0.2, -0.15) is 0 Å². The summed E-state index contributed by atoms with van der Waals surface area (Å²) < 4.78 is 5.88. The lowest BCUT2D eigenvalue weighted by Gasteiger charge is -2.21. The smallest absolute Gasteiger partial charge is 0.123 e. The molecule has 0 saturated heterocycles. The lowest BCUT2D eigenvalue weighted by atomic mass is 10.1. The van der Waals surface area contributed by atoms with Crippen molar-refractivity contribution in [2.24, 2.45) is 5.92 Å². The molecule has 0 aliphatic carbocycles.